The van der Waals surface area contributed by atoms with E-state index in [1.807, 2.05) is 61.2 Å². The number of thiazole rings is 1. The Balaban J connectivity index is 1.94. The maximum atomic E-state index is 13.3. The second-order valence-corrected chi connectivity index (χ2v) is 8.15. The Bertz CT molecular complexity index is 952. The topological polar surface area (TPSA) is 46.9 Å². The lowest BCUT2D eigenvalue weighted by Crippen LogP contribution is -3.05. The lowest BCUT2D eigenvalue weighted by atomic mass is 10.1. The number of anilines is 1. The van der Waals surface area contributed by atoms with Crippen LogP contribution in [-0.2, 0) is 0 Å². The summed E-state index contributed by atoms with van der Waals surface area (Å²) in [6.07, 6.45) is 0.917. The number of fused-ring (bicyclic) bond motifs is 1. The molecule has 1 heterocycles. The molecular formula is C22H28N3O2S+. The van der Waals surface area contributed by atoms with Gasteiger partial charge in [-0.05, 0) is 43.7 Å². The third-order valence-electron chi connectivity index (χ3n) is 4.57. The summed E-state index contributed by atoms with van der Waals surface area (Å²) >= 11 is 1.54. The van der Waals surface area contributed by atoms with Crippen molar-refractivity contribution >= 4 is 32.6 Å². The summed E-state index contributed by atoms with van der Waals surface area (Å²) < 4.78 is 6.63. The van der Waals surface area contributed by atoms with Gasteiger partial charge in [-0.25, -0.2) is 4.98 Å². The Morgan fingerprint density at radius 1 is 1.21 bits per heavy atom. The molecule has 0 saturated carbocycles. The van der Waals surface area contributed by atoms with E-state index in [2.05, 4.69) is 14.1 Å². The average molecular weight is 399 g/mol. The summed E-state index contributed by atoms with van der Waals surface area (Å²) in [4.78, 5) is 21.3. The Hall–Kier alpha value is -2.44. The molecule has 3 rings (SSSR count). The van der Waals surface area contributed by atoms with Crippen molar-refractivity contribution < 1.29 is 14.4 Å². The fraction of sp³-hybridized carbons (Fsp3) is 0.364. The highest BCUT2D eigenvalue weighted by Gasteiger charge is 2.22. The van der Waals surface area contributed by atoms with Gasteiger partial charge >= 0.3 is 0 Å². The van der Waals surface area contributed by atoms with Crippen LogP contribution in [0.25, 0.3) is 10.2 Å². The van der Waals surface area contributed by atoms with E-state index in [-0.39, 0.29) is 5.91 Å². The van der Waals surface area contributed by atoms with Gasteiger partial charge in [0.1, 0.15) is 5.75 Å². The maximum absolute atomic E-state index is 13.3. The predicted octanol–water partition coefficient (Wildman–Crippen LogP) is 3.18. The number of carbonyl (C=O) groups excluding carboxylic acids is 1. The van der Waals surface area contributed by atoms with Crippen molar-refractivity contribution in [1.82, 2.24) is 4.98 Å². The van der Waals surface area contributed by atoms with Gasteiger partial charge < -0.3 is 9.64 Å². The SMILES string of the molecule is CCOc1ccc2nc(N(CCC[NH+](C)C)C(=O)c3ccccc3C)sc2c1. The highest BCUT2D eigenvalue weighted by molar-refractivity contribution is 7.22. The molecule has 0 fully saturated rings. The van der Waals surface area contributed by atoms with Gasteiger partial charge in [0.05, 0.1) is 37.5 Å². The van der Waals surface area contributed by atoms with Crippen LogP contribution in [0.2, 0.25) is 0 Å². The number of aromatic nitrogens is 1. The van der Waals surface area contributed by atoms with Crippen LogP contribution in [0.1, 0.15) is 29.3 Å². The van der Waals surface area contributed by atoms with Crippen LogP contribution in [0.5, 0.6) is 5.75 Å². The Morgan fingerprint density at radius 3 is 2.71 bits per heavy atom. The minimum Gasteiger partial charge on any atom is -0.494 e. The summed E-state index contributed by atoms with van der Waals surface area (Å²) in [5.41, 5.74) is 2.61. The average Bonchev–Trinajstić information content (AvgIpc) is 3.08. The van der Waals surface area contributed by atoms with Crippen LogP contribution in [-0.4, -0.2) is 44.7 Å². The zero-order valence-electron chi connectivity index (χ0n) is 17.0. The second kappa shape index (κ2) is 9.17. The normalized spacial score (nSPS) is 11.2. The zero-order chi connectivity index (χ0) is 20.1. The van der Waals surface area contributed by atoms with E-state index in [0.717, 1.165) is 45.2 Å². The largest absolute Gasteiger partial charge is 0.494 e. The predicted molar refractivity (Wildman–Crippen MR) is 116 cm³/mol. The first-order valence-electron chi connectivity index (χ1n) is 9.69. The molecule has 0 saturated heterocycles. The molecule has 3 aromatic rings. The van der Waals surface area contributed by atoms with Crippen LogP contribution in [0.15, 0.2) is 42.5 Å². The van der Waals surface area contributed by atoms with Gasteiger partial charge in [-0.3, -0.25) is 9.69 Å². The number of quaternary nitrogens is 1. The first-order chi connectivity index (χ1) is 13.5. The van der Waals surface area contributed by atoms with Crippen LogP contribution in [0, 0.1) is 6.92 Å². The molecule has 0 bridgehead atoms. The monoisotopic (exact) mass is 398 g/mol. The third kappa shape index (κ3) is 4.69. The second-order valence-electron chi connectivity index (χ2n) is 7.14. The molecule has 5 nitrogen and oxygen atoms in total. The number of rotatable bonds is 8. The Labute approximate surface area is 170 Å². The van der Waals surface area contributed by atoms with Gasteiger partial charge in [0.15, 0.2) is 5.13 Å². The van der Waals surface area contributed by atoms with Crippen LogP contribution in [0.4, 0.5) is 5.13 Å². The van der Waals surface area contributed by atoms with Crippen LogP contribution >= 0.6 is 11.3 Å². The van der Waals surface area contributed by atoms with Gasteiger partial charge in [-0.2, -0.15) is 0 Å². The van der Waals surface area contributed by atoms with Gasteiger partial charge in [0.2, 0.25) is 0 Å². The number of amides is 1. The molecule has 28 heavy (non-hydrogen) atoms. The smallest absolute Gasteiger partial charge is 0.260 e. The summed E-state index contributed by atoms with van der Waals surface area (Å²) in [6.45, 7) is 6.22. The standard InChI is InChI=1S/C22H27N3O2S/c1-5-27-17-11-12-19-20(15-17)28-22(23-19)25(14-8-13-24(3)4)21(26)18-10-7-6-9-16(18)2/h6-7,9-12,15H,5,8,13-14H2,1-4H3/p+1. The van der Waals surface area contributed by atoms with E-state index >= 15 is 0 Å². The van der Waals surface area contributed by atoms with Crippen molar-refractivity contribution in [1.29, 1.82) is 0 Å². The molecule has 1 amide bonds. The highest BCUT2D eigenvalue weighted by atomic mass is 32.1. The number of hydrogen-bond acceptors (Lipinski definition) is 4. The molecular weight excluding hydrogens is 370 g/mol. The number of benzene rings is 2. The molecule has 0 aliphatic rings. The van der Waals surface area contributed by atoms with Gasteiger partial charge in [-0.1, -0.05) is 29.5 Å². The summed E-state index contributed by atoms with van der Waals surface area (Å²) in [5, 5.41) is 0.741. The van der Waals surface area contributed by atoms with E-state index in [0.29, 0.717) is 13.2 Å². The summed E-state index contributed by atoms with van der Waals surface area (Å²) in [6, 6.07) is 13.6. The van der Waals surface area contributed by atoms with Crippen molar-refractivity contribution in [2.24, 2.45) is 0 Å². The van der Waals surface area contributed by atoms with Crippen molar-refractivity contribution in [3.05, 3.63) is 53.6 Å². The van der Waals surface area contributed by atoms with Crippen LogP contribution < -0.4 is 14.5 Å². The molecule has 2 aromatic carbocycles. The number of nitrogens with zero attached hydrogens (tertiary/aromatic N) is 2. The summed E-state index contributed by atoms with van der Waals surface area (Å²) in [5.74, 6) is 0.842. The minimum atomic E-state index is 0.0101. The molecule has 148 valence electrons. The van der Waals surface area contributed by atoms with Gasteiger partial charge in [0, 0.05) is 18.5 Å². The molecule has 0 unspecified atom stereocenters. The van der Waals surface area contributed by atoms with E-state index in [1.54, 1.807) is 11.3 Å². The molecule has 6 heteroatoms. The van der Waals surface area contributed by atoms with Crippen molar-refractivity contribution in [2.45, 2.75) is 20.3 Å². The molecule has 0 atom stereocenters. The van der Waals surface area contributed by atoms with E-state index in [9.17, 15) is 4.79 Å². The third-order valence-corrected chi connectivity index (χ3v) is 5.61. The fourth-order valence-electron chi connectivity index (χ4n) is 3.10. The Morgan fingerprint density at radius 2 is 2.00 bits per heavy atom. The maximum Gasteiger partial charge on any atom is 0.260 e. The number of aryl methyl sites for hydroxylation is 1. The number of carbonyl (C=O) groups is 1. The summed E-state index contributed by atoms with van der Waals surface area (Å²) in [7, 11) is 4.25. The minimum absolute atomic E-state index is 0.0101. The molecule has 0 spiro atoms. The van der Waals surface area contributed by atoms with Crippen molar-refractivity contribution in [3.8, 4) is 5.75 Å². The fourth-order valence-corrected chi connectivity index (χ4v) is 4.12. The highest BCUT2D eigenvalue weighted by Crippen LogP contribution is 2.32. The number of nitrogens with one attached hydrogen (secondary N) is 1. The molecule has 1 aromatic heterocycles. The molecule has 0 radical (unpaired) electrons. The Kier molecular flexibility index (Phi) is 6.65. The van der Waals surface area contributed by atoms with E-state index in [1.165, 1.54) is 4.90 Å². The van der Waals surface area contributed by atoms with Crippen LogP contribution in [0.3, 0.4) is 0 Å². The van der Waals surface area contributed by atoms with E-state index in [4.69, 9.17) is 9.72 Å². The molecule has 1 N–H and O–H groups in total. The quantitative estimate of drug-likeness (QED) is 0.634. The molecule has 0 aliphatic carbocycles. The van der Waals surface area contributed by atoms with Gasteiger partial charge in [-0.15, -0.1) is 0 Å². The number of ether oxygens (including phenoxy) is 1. The lowest BCUT2D eigenvalue weighted by molar-refractivity contribution is -0.858. The van der Waals surface area contributed by atoms with Crippen molar-refractivity contribution in [3.63, 3.8) is 0 Å². The zero-order valence-corrected chi connectivity index (χ0v) is 17.8. The lowest BCUT2D eigenvalue weighted by Gasteiger charge is -2.21. The van der Waals surface area contributed by atoms with E-state index < -0.39 is 0 Å². The first-order valence-corrected chi connectivity index (χ1v) is 10.5. The van der Waals surface area contributed by atoms with Gasteiger partial charge in [0.25, 0.3) is 5.91 Å². The number of hydrogen-bond donors (Lipinski definition) is 1. The first kappa shape index (κ1) is 20.3. The molecule has 0 aliphatic heterocycles. The van der Waals surface area contributed by atoms with Crippen molar-refractivity contribution in [2.75, 3.05) is 38.7 Å².